The van der Waals surface area contributed by atoms with E-state index in [9.17, 15) is 18.5 Å². The maximum atomic E-state index is 10.7. The van der Waals surface area contributed by atoms with Gasteiger partial charge in [-0.3, -0.25) is 10.1 Å². The molecule has 0 atom stereocenters. The van der Waals surface area contributed by atoms with Crippen LogP contribution in [-0.2, 0) is 10.0 Å². The van der Waals surface area contributed by atoms with Crippen molar-refractivity contribution in [3.8, 4) is 0 Å². The Morgan fingerprint density at radius 2 is 1.64 bits per heavy atom. The molecule has 6 nitrogen and oxygen atoms in total. The summed E-state index contributed by atoms with van der Waals surface area (Å²) in [7, 11) is -3.77. The van der Waals surface area contributed by atoms with Crippen LogP contribution in [0.2, 0.25) is 0 Å². The maximum absolute atomic E-state index is 10.7. The van der Waals surface area contributed by atoms with E-state index in [0.29, 0.717) is 0 Å². The summed E-state index contributed by atoms with van der Waals surface area (Å²) in [6, 6.07) is 4.35. The fourth-order valence-electron chi connectivity index (χ4n) is 0.758. The first-order valence-corrected chi connectivity index (χ1v) is 4.73. The minimum absolute atomic E-state index is 0. The van der Waals surface area contributed by atoms with Gasteiger partial charge in [-0.15, -0.1) is 0 Å². The Morgan fingerprint density at radius 3 is 1.93 bits per heavy atom. The molecule has 0 spiro atoms. The predicted molar refractivity (Wildman–Crippen MR) is 50.2 cm³/mol. The van der Waals surface area contributed by atoms with Gasteiger partial charge in [0.15, 0.2) is 0 Å². The van der Waals surface area contributed by atoms with Gasteiger partial charge in [-0.25, -0.2) is 13.6 Å². The zero-order valence-corrected chi connectivity index (χ0v) is 11.3. The van der Waals surface area contributed by atoms with Crippen molar-refractivity contribution in [3.63, 3.8) is 0 Å². The quantitative estimate of drug-likeness (QED) is 0.442. The van der Waals surface area contributed by atoms with E-state index in [1.165, 1.54) is 0 Å². The number of benzene rings is 1. The van der Waals surface area contributed by atoms with Crippen LogP contribution < -0.4 is 5.14 Å². The van der Waals surface area contributed by atoms with Crippen LogP contribution in [-0.4, -0.2) is 64.7 Å². The molecular formula is C6H6KN2O4S. The van der Waals surface area contributed by atoms with Crippen LogP contribution in [0.3, 0.4) is 0 Å². The van der Waals surface area contributed by atoms with Crippen LogP contribution >= 0.6 is 0 Å². The molecule has 1 radical (unpaired) electrons. The van der Waals surface area contributed by atoms with Gasteiger partial charge in [0.05, 0.1) is 9.82 Å². The SMILES string of the molecule is NS(=O)(=O)c1ccc([N+](=O)[O-])cc1.[K]. The molecule has 0 fully saturated rings. The van der Waals surface area contributed by atoms with Crippen LogP contribution in [0.5, 0.6) is 0 Å². The molecule has 0 unspecified atom stereocenters. The standard InChI is InChI=1S/C6H6N2O4S.K/c7-13(11,12)6-3-1-5(2-4-6)8(9)10;/h1-4H,(H2,7,11,12);. The van der Waals surface area contributed by atoms with Crippen LogP contribution in [0.1, 0.15) is 0 Å². The Balaban J connectivity index is 0.00000169. The van der Waals surface area contributed by atoms with Gasteiger partial charge in [0.1, 0.15) is 0 Å². The van der Waals surface area contributed by atoms with Gasteiger partial charge in [-0.2, -0.15) is 0 Å². The third-order valence-corrected chi connectivity index (χ3v) is 2.31. The number of nitro groups is 1. The summed E-state index contributed by atoms with van der Waals surface area (Å²) in [6.45, 7) is 0. The summed E-state index contributed by atoms with van der Waals surface area (Å²) in [5, 5.41) is 15.0. The summed E-state index contributed by atoms with van der Waals surface area (Å²) in [6.07, 6.45) is 0. The van der Waals surface area contributed by atoms with Gasteiger partial charge in [-0.1, -0.05) is 0 Å². The number of sulfonamides is 1. The third-order valence-electron chi connectivity index (χ3n) is 1.38. The number of nitro benzene ring substituents is 1. The van der Waals surface area contributed by atoms with Gasteiger partial charge in [-0.05, 0) is 12.1 Å². The van der Waals surface area contributed by atoms with E-state index in [-0.39, 0.29) is 62.0 Å². The smallest absolute Gasteiger partial charge is 0.258 e. The Morgan fingerprint density at radius 1 is 1.21 bits per heavy atom. The average molecular weight is 241 g/mol. The monoisotopic (exact) mass is 241 g/mol. The second kappa shape index (κ2) is 5.31. The molecule has 2 N–H and O–H groups in total. The molecular weight excluding hydrogens is 235 g/mol. The van der Waals surface area contributed by atoms with Crippen molar-refractivity contribution in [2.24, 2.45) is 5.14 Å². The molecule has 0 heterocycles. The van der Waals surface area contributed by atoms with E-state index in [1.807, 2.05) is 0 Å². The van der Waals surface area contributed by atoms with Crippen LogP contribution in [0.25, 0.3) is 0 Å². The molecule has 0 aliphatic carbocycles. The first-order valence-electron chi connectivity index (χ1n) is 3.18. The Hall–Kier alpha value is 0.166. The molecule has 0 amide bonds. The Kier molecular flexibility index (Phi) is 5.37. The zero-order chi connectivity index (χ0) is 10.1. The van der Waals surface area contributed by atoms with Gasteiger partial charge in [0.25, 0.3) is 5.69 Å². The van der Waals surface area contributed by atoms with Gasteiger partial charge in [0, 0.05) is 63.5 Å². The zero-order valence-electron chi connectivity index (χ0n) is 7.38. The molecule has 0 aliphatic rings. The number of hydrogen-bond acceptors (Lipinski definition) is 4. The second-order valence-electron chi connectivity index (χ2n) is 2.30. The third kappa shape index (κ3) is 3.73. The van der Waals surface area contributed by atoms with E-state index < -0.39 is 14.9 Å². The van der Waals surface area contributed by atoms with Crippen molar-refractivity contribution in [1.82, 2.24) is 0 Å². The molecule has 1 aromatic carbocycles. The van der Waals surface area contributed by atoms with E-state index in [2.05, 4.69) is 0 Å². The van der Waals surface area contributed by atoms with Crippen LogP contribution in [0, 0.1) is 10.1 Å². The number of primary sulfonamides is 1. The number of nitrogens with two attached hydrogens (primary N) is 1. The van der Waals surface area contributed by atoms with Crippen LogP contribution in [0.4, 0.5) is 5.69 Å². The molecule has 71 valence electrons. The largest absolute Gasteiger partial charge is 0.269 e. The van der Waals surface area contributed by atoms with Gasteiger partial charge >= 0.3 is 0 Å². The second-order valence-corrected chi connectivity index (χ2v) is 3.86. The van der Waals surface area contributed by atoms with Crippen molar-refractivity contribution >= 4 is 67.1 Å². The van der Waals surface area contributed by atoms with Crippen molar-refractivity contribution in [2.75, 3.05) is 0 Å². The molecule has 14 heavy (non-hydrogen) atoms. The van der Waals surface area contributed by atoms with Crippen molar-refractivity contribution in [2.45, 2.75) is 4.90 Å². The minimum atomic E-state index is -3.77. The van der Waals surface area contributed by atoms with Crippen molar-refractivity contribution in [3.05, 3.63) is 34.4 Å². The molecule has 1 rings (SSSR count). The Labute approximate surface area is 123 Å². The fourth-order valence-corrected chi connectivity index (χ4v) is 1.27. The minimum Gasteiger partial charge on any atom is -0.258 e. The van der Waals surface area contributed by atoms with E-state index in [4.69, 9.17) is 5.14 Å². The molecule has 0 aromatic heterocycles. The molecule has 0 saturated carbocycles. The first kappa shape index (κ1) is 14.2. The molecule has 1 aromatic rings. The Bertz CT molecular complexity index is 428. The summed E-state index contributed by atoms with van der Waals surface area (Å²) >= 11 is 0. The van der Waals surface area contributed by atoms with Gasteiger partial charge < -0.3 is 0 Å². The van der Waals surface area contributed by atoms with E-state index in [0.717, 1.165) is 24.3 Å². The number of non-ortho nitro benzene ring substituents is 1. The molecule has 0 saturated heterocycles. The van der Waals surface area contributed by atoms with E-state index in [1.54, 1.807) is 0 Å². The normalized spacial score (nSPS) is 10.4. The molecule has 8 heteroatoms. The van der Waals surface area contributed by atoms with Crippen LogP contribution in [0.15, 0.2) is 29.2 Å². The predicted octanol–water partition coefficient (Wildman–Crippen LogP) is -0.139. The number of nitrogens with zero attached hydrogens (tertiary/aromatic N) is 1. The summed E-state index contributed by atoms with van der Waals surface area (Å²) in [5.74, 6) is 0. The first-order chi connectivity index (χ1) is 5.91. The van der Waals surface area contributed by atoms with E-state index >= 15 is 0 Å². The van der Waals surface area contributed by atoms with Crippen molar-refractivity contribution < 1.29 is 13.3 Å². The number of rotatable bonds is 2. The summed E-state index contributed by atoms with van der Waals surface area (Å²) in [4.78, 5) is 9.43. The average Bonchev–Trinajstić information content (AvgIpc) is 2.03. The summed E-state index contributed by atoms with van der Waals surface area (Å²) in [5.41, 5.74) is -0.174. The molecule has 0 bridgehead atoms. The number of hydrogen-bond donors (Lipinski definition) is 1. The topological polar surface area (TPSA) is 103 Å². The summed E-state index contributed by atoms with van der Waals surface area (Å²) < 4.78 is 21.4. The maximum Gasteiger partial charge on any atom is 0.269 e. The fraction of sp³-hybridized carbons (Fsp3) is 0. The molecule has 0 aliphatic heterocycles. The van der Waals surface area contributed by atoms with Gasteiger partial charge in [0.2, 0.25) is 10.0 Å². The van der Waals surface area contributed by atoms with Crippen molar-refractivity contribution in [1.29, 1.82) is 0 Å².